The molecule has 0 N–H and O–H groups in total. The Balaban J connectivity index is 2.49. The second kappa shape index (κ2) is 5.31. The number of halogens is 2. The average molecular weight is 285 g/mol. The fraction of sp³-hybridized carbons (Fsp3) is 0.308. The van der Waals surface area contributed by atoms with E-state index in [1.54, 1.807) is 12.1 Å². The maximum Gasteiger partial charge on any atom is 0.154 e. The quantitative estimate of drug-likeness (QED) is 0.853. The van der Waals surface area contributed by atoms with E-state index in [0.29, 0.717) is 22.3 Å². The molecule has 0 saturated carbocycles. The first-order chi connectivity index (χ1) is 8.50. The Morgan fingerprint density at radius 2 is 1.83 bits per heavy atom. The van der Waals surface area contributed by atoms with Gasteiger partial charge in [0.1, 0.15) is 5.69 Å². The molecule has 0 aliphatic carbocycles. The van der Waals surface area contributed by atoms with Crippen LogP contribution in [0, 0.1) is 6.92 Å². The molecule has 0 atom stereocenters. The highest BCUT2D eigenvalue weighted by molar-refractivity contribution is 6.39. The van der Waals surface area contributed by atoms with Crippen LogP contribution in [-0.2, 0) is 6.54 Å². The zero-order valence-electron chi connectivity index (χ0n) is 10.5. The molecule has 0 fully saturated rings. The molecule has 0 spiro atoms. The molecular formula is C13H14Cl2N2O. The van der Waals surface area contributed by atoms with E-state index >= 15 is 0 Å². The third kappa shape index (κ3) is 2.53. The average Bonchev–Trinajstić information content (AvgIpc) is 2.61. The van der Waals surface area contributed by atoms with Gasteiger partial charge in [0.05, 0.1) is 16.6 Å². The SMILES string of the molecule is Cc1c(-c2c(Cl)cccc2Cl)noc1CN(C)C. The minimum Gasteiger partial charge on any atom is -0.359 e. The first kappa shape index (κ1) is 13.4. The van der Waals surface area contributed by atoms with Crippen LogP contribution in [0.25, 0.3) is 11.3 Å². The zero-order valence-corrected chi connectivity index (χ0v) is 12.0. The van der Waals surface area contributed by atoms with Crippen LogP contribution < -0.4 is 0 Å². The standard InChI is InChI=1S/C13H14Cl2N2O/c1-8-11(7-17(2)3)18-16-13(8)12-9(14)5-4-6-10(12)15/h4-6H,7H2,1-3H3. The lowest BCUT2D eigenvalue weighted by Gasteiger charge is -2.07. The van der Waals surface area contributed by atoms with Crippen LogP contribution >= 0.6 is 23.2 Å². The predicted octanol–water partition coefficient (Wildman–Crippen LogP) is 4.02. The summed E-state index contributed by atoms with van der Waals surface area (Å²) in [7, 11) is 3.95. The third-order valence-electron chi connectivity index (χ3n) is 2.68. The van der Waals surface area contributed by atoms with E-state index in [1.807, 2.05) is 32.0 Å². The van der Waals surface area contributed by atoms with Crippen molar-refractivity contribution in [3.8, 4) is 11.3 Å². The lowest BCUT2D eigenvalue weighted by molar-refractivity contribution is 0.309. The number of aromatic nitrogens is 1. The third-order valence-corrected chi connectivity index (χ3v) is 3.31. The van der Waals surface area contributed by atoms with Crippen LogP contribution in [0.2, 0.25) is 10.0 Å². The van der Waals surface area contributed by atoms with Gasteiger partial charge in [-0.2, -0.15) is 0 Å². The number of nitrogens with zero attached hydrogens (tertiary/aromatic N) is 2. The lowest BCUT2D eigenvalue weighted by atomic mass is 10.1. The van der Waals surface area contributed by atoms with E-state index in [-0.39, 0.29) is 0 Å². The van der Waals surface area contributed by atoms with Gasteiger partial charge in [-0.1, -0.05) is 34.4 Å². The highest BCUT2D eigenvalue weighted by Gasteiger charge is 2.18. The summed E-state index contributed by atoms with van der Waals surface area (Å²) in [4.78, 5) is 2.02. The van der Waals surface area contributed by atoms with E-state index in [9.17, 15) is 0 Å². The minimum atomic E-state index is 0.579. The second-order valence-electron chi connectivity index (χ2n) is 4.41. The number of hydrogen-bond donors (Lipinski definition) is 0. The van der Waals surface area contributed by atoms with Crippen molar-refractivity contribution in [2.75, 3.05) is 14.1 Å². The highest BCUT2D eigenvalue weighted by Crippen LogP contribution is 2.36. The molecule has 1 heterocycles. The first-order valence-corrected chi connectivity index (χ1v) is 6.30. The molecule has 1 aromatic carbocycles. The Kier molecular flexibility index (Phi) is 3.95. The second-order valence-corrected chi connectivity index (χ2v) is 5.23. The van der Waals surface area contributed by atoms with Gasteiger partial charge in [0.25, 0.3) is 0 Å². The smallest absolute Gasteiger partial charge is 0.154 e. The first-order valence-electron chi connectivity index (χ1n) is 5.55. The summed E-state index contributed by atoms with van der Waals surface area (Å²) in [6.45, 7) is 2.66. The maximum atomic E-state index is 6.17. The molecule has 18 heavy (non-hydrogen) atoms. The van der Waals surface area contributed by atoms with Crippen LogP contribution in [0.4, 0.5) is 0 Å². The molecule has 2 aromatic rings. The number of benzene rings is 1. The summed E-state index contributed by atoms with van der Waals surface area (Å²) >= 11 is 12.3. The normalized spacial score (nSPS) is 11.2. The van der Waals surface area contributed by atoms with Gasteiger partial charge in [0, 0.05) is 11.1 Å². The molecule has 5 heteroatoms. The lowest BCUT2D eigenvalue weighted by Crippen LogP contribution is -2.10. The van der Waals surface area contributed by atoms with Crippen LogP contribution in [0.5, 0.6) is 0 Å². The summed E-state index contributed by atoms with van der Waals surface area (Å²) in [5, 5.41) is 5.25. The molecule has 2 rings (SSSR count). The summed E-state index contributed by atoms with van der Waals surface area (Å²) in [6.07, 6.45) is 0. The minimum absolute atomic E-state index is 0.579. The fourth-order valence-electron chi connectivity index (χ4n) is 1.76. The van der Waals surface area contributed by atoms with Crippen molar-refractivity contribution in [3.63, 3.8) is 0 Å². The van der Waals surface area contributed by atoms with Gasteiger partial charge < -0.3 is 9.42 Å². The number of rotatable bonds is 3. The van der Waals surface area contributed by atoms with Crippen LogP contribution in [-0.4, -0.2) is 24.2 Å². The van der Waals surface area contributed by atoms with Gasteiger partial charge in [-0.25, -0.2) is 0 Å². The Morgan fingerprint density at radius 3 is 2.39 bits per heavy atom. The molecule has 3 nitrogen and oxygen atoms in total. The summed E-state index contributed by atoms with van der Waals surface area (Å²) in [6, 6.07) is 5.40. The molecular weight excluding hydrogens is 271 g/mol. The van der Waals surface area contributed by atoms with Crippen molar-refractivity contribution in [2.24, 2.45) is 0 Å². The van der Waals surface area contributed by atoms with E-state index < -0.39 is 0 Å². The molecule has 0 aliphatic heterocycles. The van der Waals surface area contributed by atoms with E-state index in [2.05, 4.69) is 5.16 Å². The Hall–Kier alpha value is -1.03. The predicted molar refractivity (Wildman–Crippen MR) is 74.1 cm³/mol. The van der Waals surface area contributed by atoms with E-state index in [0.717, 1.165) is 16.9 Å². The van der Waals surface area contributed by atoms with Crippen LogP contribution in [0.15, 0.2) is 22.7 Å². The molecule has 0 saturated heterocycles. The molecule has 96 valence electrons. The van der Waals surface area contributed by atoms with Crippen LogP contribution in [0.3, 0.4) is 0 Å². The largest absolute Gasteiger partial charge is 0.359 e. The Morgan fingerprint density at radius 1 is 1.22 bits per heavy atom. The number of hydrogen-bond acceptors (Lipinski definition) is 3. The molecule has 0 unspecified atom stereocenters. The van der Waals surface area contributed by atoms with E-state index in [4.69, 9.17) is 27.7 Å². The summed E-state index contributed by atoms with van der Waals surface area (Å²) in [5.41, 5.74) is 2.41. The Bertz CT molecular complexity index is 544. The Labute approximate surface area is 116 Å². The highest BCUT2D eigenvalue weighted by atomic mass is 35.5. The van der Waals surface area contributed by atoms with Crippen LogP contribution in [0.1, 0.15) is 11.3 Å². The topological polar surface area (TPSA) is 29.3 Å². The molecule has 0 aliphatic rings. The molecule has 1 aromatic heterocycles. The maximum absolute atomic E-state index is 6.17. The van der Waals surface area contributed by atoms with Gasteiger partial charge in [-0.05, 0) is 33.2 Å². The van der Waals surface area contributed by atoms with Gasteiger partial charge in [0.2, 0.25) is 0 Å². The van der Waals surface area contributed by atoms with Crippen molar-refractivity contribution >= 4 is 23.2 Å². The van der Waals surface area contributed by atoms with Crippen molar-refractivity contribution < 1.29 is 4.52 Å². The van der Waals surface area contributed by atoms with E-state index in [1.165, 1.54) is 0 Å². The van der Waals surface area contributed by atoms with Crippen molar-refractivity contribution in [1.82, 2.24) is 10.1 Å². The van der Waals surface area contributed by atoms with Gasteiger partial charge in [-0.15, -0.1) is 0 Å². The summed E-state index contributed by atoms with van der Waals surface area (Å²) in [5.74, 6) is 0.825. The summed E-state index contributed by atoms with van der Waals surface area (Å²) < 4.78 is 5.36. The van der Waals surface area contributed by atoms with Crippen molar-refractivity contribution in [3.05, 3.63) is 39.6 Å². The molecule has 0 bridgehead atoms. The molecule has 0 amide bonds. The van der Waals surface area contributed by atoms with Crippen molar-refractivity contribution in [2.45, 2.75) is 13.5 Å². The fourth-order valence-corrected chi connectivity index (χ4v) is 2.34. The van der Waals surface area contributed by atoms with Crippen molar-refractivity contribution in [1.29, 1.82) is 0 Å². The van der Waals surface area contributed by atoms with Gasteiger partial charge >= 0.3 is 0 Å². The van der Waals surface area contributed by atoms with Gasteiger partial charge in [0.15, 0.2) is 5.76 Å². The molecule has 0 radical (unpaired) electrons. The zero-order chi connectivity index (χ0) is 13.3. The monoisotopic (exact) mass is 284 g/mol. The van der Waals surface area contributed by atoms with Gasteiger partial charge in [-0.3, -0.25) is 0 Å².